The summed E-state index contributed by atoms with van der Waals surface area (Å²) in [5.74, 6) is 0.422. The molecule has 0 radical (unpaired) electrons. The number of ether oxygens (including phenoxy) is 1. The number of nitrogens with zero attached hydrogens (tertiary/aromatic N) is 2. The van der Waals surface area contributed by atoms with Crippen LogP contribution in [-0.2, 0) is 0 Å². The van der Waals surface area contributed by atoms with Crippen molar-refractivity contribution >= 4 is 28.7 Å². The highest BCUT2D eigenvalue weighted by Crippen LogP contribution is 2.24. The summed E-state index contributed by atoms with van der Waals surface area (Å²) in [6.07, 6.45) is 4.20. The molecule has 0 atom stereocenters. The molecular weight excluding hydrogens is 364 g/mol. The number of amides is 1. The molecule has 3 aromatic rings. The average Bonchev–Trinajstić information content (AvgIpc) is 3.30. The quantitative estimate of drug-likeness (QED) is 0.641. The number of anilines is 4. The molecular formula is C23H24N4O2. The maximum atomic E-state index is 12.4. The minimum Gasteiger partial charge on any atom is -0.497 e. The summed E-state index contributed by atoms with van der Waals surface area (Å²) in [4.78, 5) is 19.1. The first kappa shape index (κ1) is 18.8. The van der Waals surface area contributed by atoms with E-state index >= 15 is 0 Å². The maximum Gasteiger partial charge on any atom is 0.274 e. The van der Waals surface area contributed by atoms with Crippen LogP contribution in [0.4, 0.5) is 22.7 Å². The van der Waals surface area contributed by atoms with Crippen LogP contribution in [0.15, 0.2) is 66.9 Å². The molecule has 29 heavy (non-hydrogen) atoms. The molecule has 0 bridgehead atoms. The van der Waals surface area contributed by atoms with Crippen molar-refractivity contribution in [2.75, 3.05) is 35.7 Å². The van der Waals surface area contributed by atoms with Crippen molar-refractivity contribution in [2.45, 2.75) is 12.8 Å². The molecule has 0 spiro atoms. The summed E-state index contributed by atoms with van der Waals surface area (Å²) in [5.41, 5.74) is 4.09. The predicted molar refractivity (Wildman–Crippen MR) is 116 cm³/mol. The zero-order valence-corrected chi connectivity index (χ0v) is 16.4. The van der Waals surface area contributed by atoms with Crippen molar-refractivity contribution in [3.05, 3.63) is 72.6 Å². The van der Waals surface area contributed by atoms with Crippen molar-refractivity contribution in [3.8, 4) is 5.75 Å². The summed E-state index contributed by atoms with van der Waals surface area (Å²) in [6, 6.07) is 19.2. The van der Waals surface area contributed by atoms with Crippen LogP contribution >= 0.6 is 0 Å². The smallest absolute Gasteiger partial charge is 0.274 e. The third kappa shape index (κ3) is 4.66. The number of carbonyl (C=O) groups is 1. The van der Waals surface area contributed by atoms with Crippen LogP contribution in [-0.4, -0.2) is 31.1 Å². The Balaban J connectivity index is 1.37. The molecule has 1 aliphatic rings. The molecule has 6 heteroatoms. The van der Waals surface area contributed by atoms with E-state index in [4.69, 9.17) is 4.74 Å². The number of hydrogen-bond donors (Lipinski definition) is 2. The number of hydrogen-bond acceptors (Lipinski definition) is 5. The molecule has 1 aliphatic heterocycles. The summed E-state index contributed by atoms with van der Waals surface area (Å²) < 4.78 is 5.17. The van der Waals surface area contributed by atoms with Gasteiger partial charge < -0.3 is 20.3 Å². The molecule has 0 unspecified atom stereocenters. The van der Waals surface area contributed by atoms with Gasteiger partial charge in [0.15, 0.2) is 0 Å². The van der Waals surface area contributed by atoms with Crippen LogP contribution < -0.4 is 20.3 Å². The van der Waals surface area contributed by atoms with Crippen molar-refractivity contribution in [3.63, 3.8) is 0 Å². The van der Waals surface area contributed by atoms with E-state index in [-0.39, 0.29) is 5.91 Å². The first-order chi connectivity index (χ1) is 14.2. The van der Waals surface area contributed by atoms with Crippen molar-refractivity contribution in [2.24, 2.45) is 0 Å². The van der Waals surface area contributed by atoms with Gasteiger partial charge in [-0.05, 0) is 61.4 Å². The second-order valence-electron chi connectivity index (χ2n) is 6.98. The zero-order valence-electron chi connectivity index (χ0n) is 16.4. The van der Waals surface area contributed by atoms with Crippen LogP contribution in [0.2, 0.25) is 0 Å². The van der Waals surface area contributed by atoms with Gasteiger partial charge in [-0.2, -0.15) is 0 Å². The molecule has 4 rings (SSSR count). The van der Waals surface area contributed by atoms with Crippen LogP contribution in [0.3, 0.4) is 0 Å². The number of rotatable bonds is 6. The van der Waals surface area contributed by atoms with Gasteiger partial charge in [0, 0.05) is 36.2 Å². The monoisotopic (exact) mass is 388 g/mol. The van der Waals surface area contributed by atoms with Crippen LogP contribution in [0.1, 0.15) is 23.3 Å². The van der Waals surface area contributed by atoms with Gasteiger partial charge in [0.05, 0.1) is 19.0 Å². The fraction of sp³-hybridized carbons (Fsp3) is 0.217. The van der Waals surface area contributed by atoms with E-state index in [1.54, 1.807) is 25.4 Å². The van der Waals surface area contributed by atoms with E-state index in [1.165, 1.54) is 18.5 Å². The Hall–Kier alpha value is -3.54. The Labute approximate surface area is 170 Å². The first-order valence-corrected chi connectivity index (χ1v) is 9.75. The van der Waals surface area contributed by atoms with E-state index < -0.39 is 0 Å². The highest BCUT2D eigenvalue weighted by molar-refractivity contribution is 6.03. The fourth-order valence-electron chi connectivity index (χ4n) is 3.40. The number of carbonyl (C=O) groups excluding carboxylic acids is 1. The summed E-state index contributed by atoms with van der Waals surface area (Å²) in [7, 11) is 1.59. The van der Waals surface area contributed by atoms with Gasteiger partial charge in [-0.3, -0.25) is 4.79 Å². The Bertz CT molecular complexity index is 965. The molecule has 2 aromatic carbocycles. The van der Waals surface area contributed by atoms with Gasteiger partial charge >= 0.3 is 0 Å². The number of pyridine rings is 1. The third-order valence-corrected chi connectivity index (χ3v) is 4.95. The number of nitrogens with one attached hydrogen (secondary N) is 2. The predicted octanol–water partition coefficient (Wildman–Crippen LogP) is 4.69. The standard InChI is InChI=1S/C23H24N4O2/c1-29-21-6-4-5-18(15-21)26-23(28)22-12-9-19(16-24-22)25-17-7-10-20(11-8-17)27-13-2-3-14-27/h4-12,15-16,25H,2-3,13-14H2,1H3,(H,26,28). The summed E-state index contributed by atoms with van der Waals surface area (Å²) in [6.45, 7) is 2.27. The van der Waals surface area contributed by atoms with Crippen molar-refractivity contribution in [1.82, 2.24) is 4.98 Å². The second-order valence-corrected chi connectivity index (χ2v) is 6.98. The van der Waals surface area contributed by atoms with Crippen LogP contribution in [0, 0.1) is 0 Å². The van der Waals surface area contributed by atoms with Crippen LogP contribution in [0.5, 0.6) is 5.75 Å². The highest BCUT2D eigenvalue weighted by atomic mass is 16.5. The fourth-order valence-corrected chi connectivity index (χ4v) is 3.40. The maximum absolute atomic E-state index is 12.4. The van der Waals surface area contributed by atoms with E-state index in [1.807, 2.05) is 24.3 Å². The van der Waals surface area contributed by atoms with Gasteiger partial charge in [0.1, 0.15) is 11.4 Å². The Morgan fingerprint density at radius 2 is 1.72 bits per heavy atom. The Morgan fingerprint density at radius 1 is 0.966 bits per heavy atom. The minimum absolute atomic E-state index is 0.264. The lowest BCUT2D eigenvalue weighted by Gasteiger charge is -2.18. The van der Waals surface area contributed by atoms with E-state index in [0.717, 1.165) is 24.5 Å². The molecule has 0 aliphatic carbocycles. The largest absolute Gasteiger partial charge is 0.497 e. The average molecular weight is 388 g/mol. The Morgan fingerprint density at radius 3 is 2.41 bits per heavy atom. The van der Waals surface area contributed by atoms with E-state index in [2.05, 4.69) is 44.8 Å². The van der Waals surface area contributed by atoms with Crippen molar-refractivity contribution in [1.29, 1.82) is 0 Å². The topological polar surface area (TPSA) is 66.5 Å². The molecule has 2 heterocycles. The lowest BCUT2D eigenvalue weighted by molar-refractivity contribution is 0.102. The third-order valence-electron chi connectivity index (χ3n) is 4.95. The normalized spacial score (nSPS) is 13.2. The minimum atomic E-state index is -0.264. The zero-order chi connectivity index (χ0) is 20.1. The first-order valence-electron chi connectivity index (χ1n) is 9.75. The number of benzene rings is 2. The second kappa shape index (κ2) is 8.65. The van der Waals surface area contributed by atoms with Gasteiger partial charge in [0.25, 0.3) is 5.91 Å². The summed E-state index contributed by atoms with van der Waals surface area (Å²) in [5, 5.41) is 6.15. The Kier molecular flexibility index (Phi) is 5.61. The molecule has 1 fully saturated rings. The number of aromatic nitrogens is 1. The molecule has 1 amide bonds. The molecule has 0 saturated carbocycles. The van der Waals surface area contributed by atoms with E-state index in [9.17, 15) is 4.79 Å². The van der Waals surface area contributed by atoms with Gasteiger partial charge in [-0.25, -0.2) is 4.98 Å². The number of methoxy groups -OCH3 is 1. The van der Waals surface area contributed by atoms with Crippen molar-refractivity contribution < 1.29 is 9.53 Å². The van der Waals surface area contributed by atoms with Crippen LogP contribution in [0.25, 0.3) is 0 Å². The summed E-state index contributed by atoms with van der Waals surface area (Å²) >= 11 is 0. The van der Waals surface area contributed by atoms with E-state index in [0.29, 0.717) is 17.1 Å². The molecule has 2 N–H and O–H groups in total. The lowest BCUT2D eigenvalue weighted by atomic mass is 10.2. The molecule has 6 nitrogen and oxygen atoms in total. The molecule has 1 aromatic heterocycles. The van der Waals surface area contributed by atoms with Gasteiger partial charge in [-0.15, -0.1) is 0 Å². The SMILES string of the molecule is COc1cccc(NC(=O)c2ccc(Nc3ccc(N4CCCC4)cc3)cn2)c1. The molecule has 148 valence electrons. The highest BCUT2D eigenvalue weighted by Gasteiger charge is 2.12. The molecule has 1 saturated heterocycles. The lowest BCUT2D eigenvalue weighted by Crippen LogP contribution is -2.17. The van der Waals surface area contributed by atoms with Gasteiger partial charge in [-0.1, -0.05) is 6.07 Å². The van der Waals surface area contributed by atoms with Gasteiger partial charge in [0.2, 0.25) is 0 Å².